The zero-order chi connectivity index (χ0) is 24.9. The van der Waals surface area contributed by atoms with Crippen LogP contribution in [0.4, 0.5) is 14.9 Å². The van der Waals surface area contributed by atoms with Gasteiger partial charge in [-0.1, -0.05) is 42.6 Å². The van der Waals surface area contributed by atoms with Gasteiger partial charge in [-0.15, -0.1) is 0 Å². The lowest BCUT2D eigenvalue weighted by Crippen LogP contribution is -2.22. The number of hydrogen-bond acceptors (Lipinski definition) is 7. The highest BCUT2D eigenvalue weighted by molar-refractivity contribution is 6.31. The van der Waals surface area contributed by atoms with E-state index in [1.165, 1.54) is 18.3 Å². The molecule has 9 nitrogen and oxygen atoms in total. The molecule has 184 valence electrons. The van der Waals surface area contributed by atoms with Crippen LogP contribution in [0.3, 0.4) is 0 Å². The summed E-state index contributed by atoms with van der Waals surface area (Å²) in [5.74, 6) is -1.97. The molecule has 1 amide bonds. The third kappa shape index (κ3) is 6.27. The third-order valence-electron chi connectivity index (χ3n) is 5.60. The van der Waals surface area contributed by atoms with E-state index in [2.05, 4.69) is 15.5 Å². The van der Waals surface area contributed by atoms with E-state index in [9.17, 15) is 19.1 Å². The summed E-state index contributed by atoms with van der Waals surface area (Å²) in [6.07, 6.45) is 2.40. The number of nitrogens with one attached hydrogen (secondary N) is 1. The molecule has 2 atom stereocenters. The first-order valence-corrected chi connectivity index (χ1v) is 11.4. The van der Waals surface area contributed by atoms with Gasteiger partial charge in [0, 0.05) is 28.4 Å². The Morgan fingerprint density at radius 2 is 2.06 bits per heavy atom. The lowest BCUT2D eigenvalue weighted by molar-refractivity contribution is -0.143. The molecule has 2 N–H and O–H groups in total. The van der Waals surface area contributed by atoms with E-state index in [1.54, 1.807) is 31.2 Å². The van der Waals surface area contributed by atoms with Crippen molar-refractivity contribution in [1.29, 1.82) is 0 Å². The van der Waals surface area contributed by atoms with Crippen LogP contribution in [0.15, 0.2) is 47.1 Å². The summed E-state index contributed by atoms with van der Waals surface area (Å²) >= 11 is 6.13. The molecule has 2 heterocycles. The first kappa shape index (κ1) is 24.5. The van der Waals surface area contributed by atoms with Gasteiger partial charge in [-0.2, -0.15) is 4.39 Å². The van der Waals surface area contributed by atoms with Crippen LogP contribution in [0.2, 0.25) is 5.02 Å². The molecule has 2 aromatic heterocycles. The Hall–Kier alpha value is -3.66. The number of carboxylic acids is 1. The van der Waals surface area contributed by atoms with Gasteiger partial charge < -0.3 is 19.1 Å². The summed E-state index contributed by atoms with van der Waals surface area (Å²) in [7, 11) is 0. The summed E-state index contributed by atoms with van der Waals surface area (Å²) in [5.41, 5.74) is 0.598. The number of aromatic nitrogens is 2. The maximum Gasteiger partial charge on any atom is 0.412 e. The van der Waals surface area contributed by atoms with Gasteiger partial charge in [-0.05, 0) is 36.6 Å². The van der Waals surface area contributed by atoms with Gasteiger partial charge in [-0.3, -0.25) is 10.1 Å². The smallest absolute Gasteiger partial charge is 0.412 e. The molecule has 3 aromatic rings. The quantitative estimate of drug-likeness (QED) is 0.360. The molecule has 0 bridgehead atoms. The standard InChI is InChI=1S/C24H23ClFN3O6/c1-13(17-4-2-3-5-18(17)25)34-24(32)28-20-21(35-29-22(20)26)15-8-9-19(27-11-15)33-12-16(23(30)31)10-14-6-7-14/h2-5,8-9,11,13-14,16H,6-7,10,12H2,1H3,(H,28,32)(H,30,31). The highest BCUT2D eigenvalue weighted by Gasteiger charge is 2.30. The molecular weight excluding hydrogens is 481 g/mol. The summed E-state index contributed by atoms with van der Waals surface area (Å²) < 4.78 is 30.1. The summed E-state index contributed by atoms with van der Waals surface area (Å²) in [6, 6.07) is 9.91. The number of aliphatic carboxylic acids is 1. The molecule has 1 aromatic carbocycles. The van der Waals surface area contributed by atoms with Gasteiger partial charge in [0.2, 0.25) is 5.88 Å². The highest BCUT2D eigenvalue weighted by atomic mass is 35.5. The van der Waals surface area contributed by atoms with E-state index in [4.69, 9.17) is 25.6 Å². The van der Waals surface area contributed by atoms with Crippen LogP contribution in [-0.4, -0.2) is 33.9 Å². The zero-order valence-electron chi connectivity index (χ0n) is 18.7. The number of benzene rings is 1. The number of carbonyl (C=O) groups excluding carboxylic acids is 1. The second-order valence-corrected chi connectivity index (χ2v) is 8.69. The lowest BCUT2D eigenvalue weighted by atomic mass is 10.0. The predicted octanol–water partition coefficient (Wildman–Crippen LogP) is 5.72. The van der Waals surface area contributed by atoms with Gasteiger partial charge in [0.05, 0.1) is 5.92 Å². The number of amides is 1. The molecule has 2 unspecified atom stereocenters. The molecule has 0 saturated heterocycles. The molecule has 1 aliphatic rings. The fourth-order valence-corrected chi connectivity index (χ4v) is 3.81. The maximum absolute atomic E-state index is 14.3. The first-order valence-electron chi connectivity index (χ1n) is 11.0. The Bertz CT molecular complexity index is 1200. The minimum atomic E-state index is -1.04. The predicted molar refractivity (Wildman–Crippen MR) is 124 cm³/mol. The van der Waals surface area contributed by atoms with Crippen molar-refractivity contribution in [2.45, 2.75) is 32.3 Å². The number of nitrogens with zero attached hydrogens (tertiary/aromatic N) is 2. The second-order valence-electron chi connectivity index (χ2n) is 8.28. The van der Waals surface area contributed by atoms with Crippen molar-refractivity contribution in [2.75, 3.05) is 11.9 Å². The molecule has 1 saturated carbocycles. The maximum atomic E-state index is 14.3. The van der Waals surface area contributed by atoms with Gasteiger partial charge in [0.1, 0.15) is 18.4 Å². The second kappa shape index (κ2) is 10.7. The van der Waals surface area contributed by atoms with E-state index >= 15 is 0 Å². The van der Waals surface area contributed by atoms with Gasteiger partial charge in [0.15, 0.2) is 5.76 Å². The van der Waals surface area contributed by atoms with Crippen LogP contribution < -0.4 is 10.1 Å². The van der Waals surface area contributed by atoms with Crippen molar-refractivity contribution >= 4 is 29.4 Å². The van der Waals surface area contributed by atoms with Crippen LogP contribution >= 0.6 is 11.6 Å². The number of anilines is 1. The molecule has 0 aliphatic heterocycles. The molecule has 35 heavy (non-hydrogen) atoms. The fourth-order valence-electron chi connectivity index (χ4n) is 3.52. The van der Waals surface area contributed by atoms with Crippen LogP contribution in [0.5, 0.6) is 5.88 Å². The molecule has 0 spiro atoms. The minimum absolute atomic E-state index is 0.00260. The summed E-state index contributed by atoms with van der Waals surface area (Å²) in [4.78, 5) is 27.9. The molecule has 0 radical (unpaired) electrons. The van der Waals surface area contributed by atoms with Crippen molar-refractivity contribution in [3.05, 3.63) is 59.1 Å². The number of rotatable bonds is 10. The Morgan fingerprint density at radius 1 is 1.29 bits per heavy atom. The third-order valence-corrected chi connectivity index (χ3v) is 5.94. The van der Waals surface area contributed by atoms with Gasteiger partial charge in [-0.25, -0.2) is 9.78 Å². The monoisotopic (exact) mass is 503 g/mol. The van der Waals surface area contributed by atoms with Crippen LogP contribution in [0, 0.1) is 17.8 Å². The average molecular weight is 504 g/mol. The number of ether oxygens (including phenoxy) is 2. The summed E-state index contributed by atoms with van der Waals surface area (Å²) in [5, 5.41) is 15.4. The molecule has 11 heteroatoms. The van der Waals surface area contributed by atoms with Gasteiger partial charge >= 0.3 is 12.1 Å². The Balaban J connectivity index is 1.39. The normalized spacial score (nSPS) is 14.7. The van der Waals surface area contributed by atoms with Gasteiger partial charge in [0.25, 0.3) is 5.95 Å². The molecular formula is C24H23ClFN3O6. The van der Waals surface area contributed by atoms with Crippen molar-refractivity contribution < 1.29 is 33.1 Å². The van der Waals surface area contributed by atoms with E-state index < -0.39 is 30.0 Å². The minimum Gasteiger partial charge on any atom is -0.481 e. The van der Waals surface area contributed by atoms with Crippen LogP contribution in [0.25, 0.3) is 11.3 Å². The molecule has 4 rings (SSSR count). The number of carbonyl (C=O) groups is 2. The van der Waals surface area contributed by atoms with Crippen molar-refractivity contribution in [2.24, 2.45) is 11.8 Å². The number of halogens is 2. The van der Waals surface area contributed by atoms with E-state index in [0.717, 1.165) is 12.8 Å². The van der Waals surface area contributed by atoms with Crippen molar-refractivity contribution in [3.8, 4) is 17.2 Å². The SMILES string of the molecule is CC(OC(=O)Nc1c(F)noc1-c1ccc(OCC(CC2CC2)C(=O)O)nc1)c1ccccc1Cl. The molecule has 1 aliphatic carbocycles. The Labute approximate surface area is 205 Å². The largest absolute Gasteiger partial charge is 0.481 e. The van der Waals surface area contributed by atoms with E-state index in [-0.39, 0.29) is 23.9 Å². The highest BCUT2D eigenvalue weighted by Crippen LogP contribution is 2.36. The average Bonchev–Trinajstić information content (AvgIpc) is 3.59. The number of hydrogen-bond donors (Lipinski definition) is 2. The van der Waals surface area contributed by atoms with E-state index in [0.29, 0.717) is 28.5 Å². The molecule has 1 fully saturated rings. The van der Waals surface area contributed by atoms with Crippen LogP contribution in [-0.2, 0) is 9.53 Å². The summed E-state index contributed by atoms with van der Waals surface area (Å²) in [6.45, 7) is 1.63. The van der Waals surface area contributed by atoms with E-state index in [1.807, 2.05) is 0 Å². The Kier molecular flexibility index (Phi) is 7.50. The zero-order valence-corrected chi connectivity index (χ0v) is 19.5. The van der Waals surface area contributed by atoms with Crippen molar-refractivity contribution in [3.63, 3.8) is 0 Å². The first-order chi connectivity index (χ1) is 16.8. The number of pyridine rings is 1. The topological polar surface area (TPSA) is 124 Å². The fraction of sp³-hybridized carbons (Fsp3) is 0.333. The Morgan fingerprint density at radius 3 is 2.71 bits per heavy atom. The van der Waals surface area contributed by atoms with Crippen LogP contribution in [0.1, 0.15) is 37.9 Å². The number of carboxylic acid groups (broad SMARTS) is 1. The van der Waals surface area contributed by atoms with Crippen molar-refractivity contribution in [1.82, 2.24) is 10.1 Å². The lowest BCUT2D eigenvalue weighted by Gasteiger charge is -2.15.